The number of methoxy groups -OCH3 is 2. The second kappa shape index (κ2) is 3.51. The molecule has 4 heteroatoms. The first-order valence-electron chi connectivity index (χ1n) is 3.87. The number of hydrogen-bond acceptors (Lipinski definition) is 4. The third-order valence-corrected chi connectivity index (χ3v) is 2.32. The van der Waals surface area contributed by atoms with Crippen LogP contribution in [0, 0.1) is 5.92 Å². The van der Waals surface area contributed by atoms with Crippen LogP contribution in [0.4, 0.5) is 0 Å². The van der Waals surface area contributed by atoms with Crippen molar-refractivity contribution in [3.05, 3.63) is 0 Å². The summed E-state index contributed by atoms with van der Waals surface area (Å²) in [6, 6.07) is 0. The van der Waals surface area contributed by atoms with Crippen LogP contribution in [0.3, 0.4) is 0 Å². The topological polar surface area (TPSA) is 44.8 Å². The zero-order chi connectivity index (χ0) is 9.19. The summed E-state index contributed by atoms with van der Waals surface area (Å²) in [6.45, 7) is 1.74. The van der Waals surface area contributed by atoms with Gasteiger partial charge in [-0.2, -0.15) is 0 Å². The summed E-state index contributed by atoms with van der Waals surface area (Å²) in [6.07, 6.45) is 1.08. The molecule has 0 saturated carbocycles. The first kappa shape index (κ1) is 9.64. The predicted molar refractivity (Wildman–Crippen MR) is 41.5 cm³/mol. The van der Waals surface area contributed by atoms with Gasteiger partial charge in [0.25, 0.3) is 0 Å². The van der Waals surface area contributed by atoms with Crippen LogP contribution in [0.5, 0.6) is 0 Å². The van der Waals surface area contributed by atoms with Gasteiger partial charge in [0, 0.05) is 20.6 Å². The fourth-order valence-electron chi connectivity index (χ4n) is 1.34. The lowest BCUT2D eigenvalue weighted by Crippen LogP contribution is -2.35. The number of ether oxygens (including phenoxy) is 3. The molecule has 70 valence electrons. The highest BCUT2D eigenvalue weighted by molar-refractivity contribution is 5.55. The number of hydrogen-bond donors (Lipinski definition) is 0. The first-order valence-corrected chi connectivity index (χ1v) is 3.87. The van der Waals surface area contributed by atoms with Crippen molar-refractivity contribution in [3.8, 4) is 0 Å². The Bertz CT molecular complexity index is 170. The maximum atomic E-state index is 10.6. The van der Waals surface area contributed by atoms with E-state index in [-0.39, 0.29) is 12.2 Å². The predicted octanol–water partition coefficient (Wildman–Crippen LogP) is 0.557. The van der Waals surface area contributed by atoms with Crippen LogP contribution in [0.1, 0.15) is 13.3 Å². The normalized spacial score (nSPS) is 41.6. The van der Waals surface area contributed by atoms with Crippen molar-refractivity contribution in [3.63, 3.8) is 0 Å². The van der Waals surface area contributed by atoms with Crippen molar-refractivity contribution in [1.82, 2.24) is 0 Å². The van der Waals surface area contributed by atoms with E-state index in [0.717, 1.165) is 6.29 Å². The quantitative estimate of drug-likeness (QED) is 0.586. The molecule has 1 fully saturated rings. The van der Waals surface area contributed by atoms with E-state index in [1.165, 1.54) is 7.11 Å². The molecule has 0 amide bonds. The van der Waals surface area contributed by atoms with Crippen molar-refractivity contribution in [1.29, 1.82) is 0 Å². The van der Waals surface area contributed by atoms with Crippen LogP contribution in [-0.4, -0.2) is 32.6 Å². The van der Waals surface area contributed by atoms with Gasteiger partial charge in [-0.25, -0.2) is 0 Å². The molecule has 3 unspecified atom stereocenters. The zero-order valence-electron chi connectivity index (χ0n) is 7.57. The van der Waals surface area contributed by atoms with Crippen molar-refractivity contribution in [2.75, 3.05) is 14.2 Å². The minimum Gasteiger partial charge on any atom is -0.356 e. The largest absolute Gasteiger partial charge is 0.356 e. The highest BCUT2D eigenvalue weighted by Crippen LogP contribution is 2.35. The minimum atomic E-state index is -0.817. The number of carbonyl (C=O) groups excluding carboxylic acids is 1. The van der Waals surface area contributed by atoms with Gasteiger partial charge >= 0.3 is 0 Å². The third-order valence-electron chi connectivity index (χ3n) is 2.32. The highest BCUT2D eigenvalue weighted by atomic mass is 16.8. The molecule has 1 aliphatic heterocycles. The SMILES string of the molecule is COC1CC(C=O)C(C)(OC)O1. The molecule has 0 bridgehead atoms. The Kier molecular flexibility index (Phi) is 2.82. The monoisotopic (exact) mass is 174 g/mol. The molecule has 4 nitrogen and oxygen atoms in total. The van der Waals surface area contributed by atoms with Crippen molar-refractivity contribution < 1.29 is 19.0 Å². The lowest BCUT2D eigenvalue weighted by molar-refractivity contribution is -0.254. The zero-order valence-corrected chi connectivity index (χ0v) is 7.57. The van der Waals surface area contributed by atoms with Crippen LogP contribution in [0.15, 0.2) is 0 Å². The van der Waals surface area contributed by atoms with Gasteiger partial charge < -0.3 is 19.0 Å². The van der Waals surface area contributed by atoms with Gasteiger partial charge in [0.05, 0.1) is 5.92 Å². The number of carbonyl (C=O) groups is 1. The molecule has 0 spiro atoms. The molecule has 0 N–H and O–H groups in total. The Hall–Kier alpha value is -0.450. The molecule has 0 aromatic heterocycles. The van der Waals surface area contributed by atoms with E-state index in [9.17, 15) is 4.79 Å². The van der Waals surface area contributed by atoms with E-state index < -0.39 is 5.79 Å². The lowest BCUT2D eigenvalue weighted by atomic mass is 10.0. The van der Waals surface area contributed by atoms with Crippen LogP contribution < -0.4 is 0 Å². The van der Waals surface area contributed by atoms with Gasteiger partial charge in [0.15, 0.2) is 12.1 Å². The lowest BCUT2D eigenvalue weighted by Gasteiger charge is -2.25. The summed E-state index contributed by atoms with van der Waals surface area (Å²) in [5, 5.41) is 0. The maximum absolute atomic E-state index is 10.6. The second-order valence-corrected chi connectivity index (χ2v) is 2.98. The highest BCUT2D eigenvalue weighted by Gasteiger charge is 2.45. The van der Waals surface area contributed by atoms with Gasteiger partial charge in [-0.1, -0.05) is 0 Å². The molecular formula is C8H14O4. The van der Waals surface area contributed by atoms with Gasteiger partial charge in [0.1, 0.15) is 6.29 Å². The van der Waals surface area contributed by atoms with Crippen molar-refractivity contribution >= 4 is 6.29 Å². The van der Waals surface area contributed by atoms with Gasteiger partial charge in [-0.15, -0.1) is 0 Å². The first-order chi connectivity index (χ1) is 5.66. The van der Waals surface area contributed by atoms with E-state index in [1.807, 2.05) is 0 Å². The fourth-order valence-corrected chi connectivity index (χ4v) is 1.34. The standard InChI is InChI=1S/C8H14O4/c1-8(11-3)6(5-9)4-7(10-2)12-8/h5-7H,4H2,1-3H3. The molecule has 12 heavy (non-hydrogen) atoms. The Morgan fingerprint density at radius 1 is 1.58 bits per heavy atom. The molecule has 1 rings (SSSR count). The second-order valence-electron chi connectivity index (χ2n) is 2.98. The van der Waals surface area contributed by atoms with Crippen LogP contribution in [0.25, 0.3) is 0 Å². The maximum Gasteiger partial charge on any atom is 0.177 e. The molecule has 0 radical (unpaired) electrons. The van der Waals surface area contributed by atoms with E-state index in [0.29, 0.717) is 6.42 Å². The molecule has 1 aliphatic rings. The molecule has 0 aliphatic carbocycles. The van der Waals surface area contributed by atoms with Gasteiger partial charge in [0.2, 0.25) is 0 Å². The van der Waals surface area contributed by atoms with Crippen molar-refractivity contribution in [2.45, 2.75) is 25.4 Å². The Morgan fingerprint density at radius 3 is 2.58 bits per heavy atom. The Morgan fingerprint density at radius 2 is 2.25 bits per heavy atom. The summed E-state index contributed by atoms with van der Waals surface area (Å²) in [7, 11) is 3.07. The Balaban J connectivity index is 2.68. The molecule has 0 aromatic carbocycles. The Labute approximate surface area is 71.8 Å². The molecule has 1 heterocycles. The number of rotatable bonds is 3. The van der Waals surface area contributed by atoms with E-state index >= 15 is 0 Å². The minimum absolute atomic E-state index is 0.243. The molecule has 3 atom stereocenters. The van der Waals surface area contributed by atoms with E-state index in [2.05, 4.69) is 0 Å². The summed E-state index contributed by atoms with van der Waals surface area (Å²) < 4.78 is 15.5. The average molecular weight is 174 g/mol. The van der Waals surface area contributed by atoms with Crippen LogP contribution in [-0.2, 0) is 19.0 Å². The van der Waals surface area contributed by atoms with Gasteiger partial charge in [-0.05, 0) is 6.92 Å². The molecule has 1 saturated heterocycles. The molecular weight excluding hydrogens is 160 g/mol. The van der Waals surface area contributed by atoms with Gasteiger partial charge in [-0.3, -0.25) is 0 Å². The average Bonchev–Trinajstić information content (AvgIpc) is 2.43. The summed E-state index contributed by atoms with van der Waals surface area (Å²) >= 11 is 0. The van der Waals surface area contributed by atoms with E-state index in [4.69, 9.17) is 14.2 Å². The summed E-state index contributed by atoms with van der Waals surface area (Å²) in [5.74, 6) is -1.06. The van der Waals surface area contributed by atoms with Crippen molar-refractivity contribution in [2.24, 2.45) is 5.92 Å². The van der Waals surface area contributed by atoms with Crippen LogP contribution in [0.2, 0.25) is 0 Å². The van der Waals surface area contributed by atoms with Crippen LogP contribution >= 0.6 is 0 Å². The molecule has 0 aromatic rings. The summed E-state index contributed by atoms with van der Waals surface area (Å²) in [4.78, 5) is 10.6. The number of aldehydes is 1. The third kappa shape index (κ3) is 1.50. The smallest absolute Gasteiger partial charge is 0.177 e. The summed E-state index contributed by atoms with van der Waals surface area (Å²) in [5.41, 5.74) is 0. The fraction of sp³-hybridized carbons (Fsp3) is 0.875. The van der Waals surface area contributed by atoms with E-state index in [1.54, 1.807) is 14.0 Å².